The van der Waals surface area contributed by atoms with E-state index in [4.69, 9.17) is 9.47 Å². The lowest BCUT2D eigenvalue weighted by Gasteiger charge is -2.41. The Morgan fingerprint density at radius 3 is 2.40 bits per heavy atom. The monoisotopic (exact) mass is 567 g/mol. The molecule has 0 spiro atoms. The molecule has 2 saturated carbocycles. The van der Waals surface area contributed by atoms with Crippen LogP contribution in [0.1, 0.15) is 84.7 Å². The summed E-state index contributed by atoms with van der Waals surface area (Å²) in [6, 6.07) is 13.2. The predicted octanol–water partition coefficient (Wildman–Crippen LogP) is 5.94. The number of likely N-dealkylation sites (N-methyl/N-ethyl adjacent to an activating group) is 1. The molecule has 2 aliphatic carbocycles. The molecular weight excluding hydrogens is 526 g/mol. The third-order valence-corrected chi connectivity index (χ3v) is 11.3. The number of hydrogen-bond donors (Lipinski definition) is 0. The molecule has 4 heterocycles. The molecule has 1 aromatic heterocycles. The Labute approximate surface area is 247 Å². The zero-order valence-corrected chi connectivity index (χ0v) is 25.0. The second-order valence-corrected chi connectivity index (χ2v) is 13.6. The summed E-state index contributed by atoms with van der Waals surface area (Å²) in [5.41, 5.74) is 6.25. The molecule has 7 nitrogen and oxygen atoms in total. The zero-order valence-electron chi connectivity index (χ0n) is 25.0. The van der Waals surface area contributed by atoms with Crippen LogP contribution in [0, 0.1) is 5.41 Å². The van der Waals surface area contributed by atoms with Crippen LogP contribution in [0.3, 0.4) is 0 Å². The van der Waals surface area contributed by atoms with E-state index in [9.17, 15) is 9.59 Å². The number of rotatable bonds is 4. The molecule has 2 bridgehead atoms. The van der Waals surface area contributed by atoms with Gasteiger partial charge in [-0.2, -0.15) is 0 Å². The predicted molar refractivity (Wildman–Crippen MR) is 162 cm³/mol. The summed E-state index contributed by atoms with van der Waals surface area (Å²) >= 11 is 0. The molecule has 42 heavy (non-hydrogen) atoms. The lowest BCUT2D eigenvalue weighted by molar-refractivity contribution is -0.143. The van der Waals surface area contributed by atoms with E-state index in [1.807, 2.05) is 12.1 Å². The van der Waals surface area contributed by atoms with Gasteiger partial charge in [-0.3, -0.25) is 4.79 Å². The fourth-order valence-corrected chi connectivity index (χ4v) is 9.23. The lowest BCUT2D eigenvalue weighted by atomic mass is 9.81. The number of ether oxygens (including phenoxy) is 2. The molecule has 2 saturated heterocycles. The molecule has 4 atom stereocenters. The summed E-state index contributed by atoms with van der Waals surface area (Å²) < 4.78 is 13.3. The smallest absolute Gasteiger partial charge is 0.337 e. The molecule has 2 aromatic carbocycles. The van der Waals surface area contributed by atoms with Crippen molar-refractivity contribution in [3.8, 4) is 17.0 Å². The van der Waals surface area contributed by atoms with Gasteiger partial charge >= 0.3 is 5.97 Å². The molecule has 8 rings (SSSR count). The van der Waals surface area contributed by atoms with E-state index >= 15 is 0 Å². The van der Waals surface area contributed by atoms with Gasteiger partial charge in [0.2, 0.25) is 5.91 Å². The van der Waals surface area contributed by atoms with Gasteiger partial charge in [-0.25, -0.2) is 4.79 Å². The molecular formula is C35H41N3O4. The number of likely N-dealkylation sites (tertiary alicyclic amines) is 1. The first-order chi connectivity index (χ1) is 20.4. The van der Waals surface area contributed by atoms with E-state index < -0.39 is 5.41 Å². The molecule has 3 unspecified atom stereocenters. The summed E-state index contributed by atoms with van der Waals surface area (Å²) in [6.45, 7) is 2.56. The molecule has 0 radical (unpaired) electrons. The van der Waals surface area contributed by atoms with E-state index in [1.165, 1.54) is 67.0 Å². The largest absolute Gasteiger partial charge is 0.497 e. The van der Waals surface area contributed by atoms with E-state index in [0.717, 1.165) is 43.6 Å². The second kappa shape index (κ2) is 9.60. The van der Waals surface area contributed by atoms with Crippen molar-refractivity contribution < 1.29 is 19.1 Å². The van der Waals surface area contributed by atoms with E-state index in [1.54, 1.807) is 7.11 Å². The second-order valence-electron chi connectivity index (χ2n) is 13.6. The number of nitrogens with zero attached hydrogens (tertiary/aromatic N) is 3. The Hall–Kier alpha value is -3.32. The average molecular weight is 568 g/mol. The van der Waals surface area contributed by atoms with Gasteiger partial charge in [0.05, 0.1) is 30.9 Å². The maximum absolute atomic E-state index is 14.9. The molecule has 4 fully saturated rings. The third kappa shape index (κ3) is 3.74. The standard InChI is InChI=1S/C35H41N3O4/c1-36-18-23-10-11-24(19-36)38(23)34(40)35-17-29(35)28-16-25(41-2)12-14-26(28)32-31(21-7-5-4-6-8-21)27-13-9-22(33(39)42-3)15-30(27)37(32)20-35/h9,12-16,21,23-24,29H,4-8,10-11,17-20H2,1-3H3/t23?,24?,29?,35-/m0/s1. The van der Waals surface area contributed by atoms with Gasteiger partial charge in [0.15, 0.2) is 0 Å². The number of carbonyl (C=O) groups excluding carboxylic acids is 2. The minimum atomic E-state index is -0.486. The SMILES string of the molecule is COC(=O)c1ccc2c(C3CCCCC3)c3n(c2c1)C[C@@]1(C(=O)N2C4CCC2CN(C)C4)CC1c1cc(OC)ccc1-3. The van der Waals surface area contributed by atoms with Crippen LogP contribution in [0.15, 0.2) is 36.4 Å². The maximum atomic E-state index is 14.9. The minimum absolute atomic E-state index is 0.159. The summed E-state index contributed by atoms with van der Waals surface area (Å²) in [7, 11) is 5.35. The van der Waals surface area contributed by atoms with E-state index in [2.05, 4.69) is 45.7 Å². The first kappa shape index (κ1) is 26.3. The molecule has 0 N–H and O–H groups in total. The van der Waals surface area contributed by atoms with Crippen molar-refractivity contribution in [1.82, 2.24) is 14.4 Å². The first-order valence-corrected chi connectivity index (χ1v) is 15.9. The highest BCUT2D eigenvalue weighted by Gasteiger charge is 2.65. The Bertz CT molecular complexity index is 1590. The van der Waals surface area contributed by atoms with Gasteiger partial charge < -0.3 is 23.8 Å². The number of benzene rings is 2. The highest BCUT2D eigenvalue weighted by Crippen LogP contribution is 2.66. The van der Waals surface area contributed by atoms with Crippen LogP contribution >= 0.6 is 0 Å². The number of piperazine rings is 1. The van der Waals surface area contributed by atoms with E-state index in [0.29, 0.717) is 36.0 Å². The normalized spacial score (nSPS) is 28.5. The Balaban J connectivity index is 1.35. The molecule has 3 aliphatic heterocycles. The van der Waals surface area contributed by atoms with E-state index in [-0.39, 0.29) is 11.9 Å². The van der Waals surface area contributed by atoms with Crippen molar-refractivity contribution in [3.63, 3.8) is 0 Å². The van der Waals surface area contributed by atoms with Gasteiger partial charge in [0.1, 0.15) is 5.75 Å². The maximum Gasteiger partial charge on any atom is 0.337 e. The summed E-state index contributed by atoms with van der Waals surface area (Å²) in [5, 5.41) is 1.22. The topological polar surface area (TPSA) is 64.0 Å². The minimum Gasteiger partial charge on any atom is -0.497 e. The van der Waals surface area contributed by atoms with Crippen LogP contribution in [-0.2, 0) is 16.1 Å². The fourth-order valence-electron chi connectivity index (χ4n) is 9.23. The van der Waals surface area contributed by atoms with Crippen molar-refractivity contribution in [3.05, 3.63) is 53.1 Å². The van der Waals surface area contributed by atoms with Crippen molar-refractivity contribution in [1.29, 1.82) is 0 Å². The number of hydrogen-bond acceptors (Lipinski definition) is 5. The highest BCUT2D eigenvalue weighted by molar-refractivity contribution is 6.00. The van der Waals surface area contributed by atoms with Crippen LogP contribution in [0.5, 0.6) is 5.75 Å². The fraction of sp³-hybridized carbons (Fsp3) is 0.543. The third-order valence-electron chi connectivity index (χ3n) is 11.3. The van der Waals surface area contributed by atoms with Crippen LogP contribution in [0.25, 0.3) is 22.2 Å². The quantitative estimate of drug-likeness (QED) is 0.365. The van der Waals surface area contributed by atoms with Crippen molar-refractivity contribution >= 4 is 22.8 Å². The number of carbonyl (C=O) groups is 2. The molecule has 220 valence electrons. The highest BCUT2D eigenvalue weighted by atomic mass is 16.5. The van der Waals surface area contributed by atoms with Crippen LogP contribution in [0.2, 0.25) is 0 Å². The Morgan fingerprint density at radius 1 is 0.929 bits per heavy atom. The van der Waals surface area contributed by atoms with Crippen molar-refractivity contribution in [2.24, 2.45) is 5.41 Å². The Kier molecular flexibility index (Phi) is 6.01. The van der Waals surface area contributed by atoms with Gasteiger partial charge in [-0.15, -0.1) is 0 Å². The number of esters is 1. The summed E-state index contributed by atoms with van der Waals surface area (Å²) in [5.74, 6) is 1.48. The van der Waals surface area contributed by atoms with Gasteiger partial charge in [0, 0.05) is 54.1 Å². The van der Waals surface area contributed by atoms with Crippen LogP contribution < -0.4 is 4.74 Å². The van der Waals surface area contributed by atoms with Gasteiger partial charge in [-0.05, 0) is 86.5 Å². The van der Waals surface area contributed by atoms with Gasteiger partial charge in [0.25, 0.3) is 0 Å². The zero-order chi connectivity index (χ0) is 28.7. The van der Waals surface area contributed by atoms with Crippen molar-refractivity contribution in [2.75, 3.05) is 34.4 Å². The summed E-state index contributed by atoms with van der Waals surface area (Å²) in [6.07, 6.45) is 9.16. The number of amides is 1. The van der Waals surface area contributed by atoms with Crippen molar-refractivity contribution in [2.45, 2.75) is 81.8 Å². The molecule has 3 aromatic rings. The van der Waals surface area contributed by atoms with Crippen LogP contribution in [-0.4, -0.2) is 72.7 Å². The average Bonchev–Trinajstić information content (AvgIpc) is 3.60. The first-order valence-electron chi connectivity index (χ1n) is 15.9. The molecule has 5 aliphatic rings. The molecule has 1 amide bonds. The number of methoxy groups -OCH3 is 2. The molecule has 7 heteroatoms. The summed E-state index contributed by atoms with van der Waals surface area (Å²) in [4.78, 5) is 32.3. The van der Waals surface area contributed by atoms with Crippen LogP contribution in [0.4, 0.5) is 0 Å². The number of aromatic nitrogens is 1. The lowest BCUT2D eigenvalue weighted by Crippen LogP contribution is -2.57. The Morgan fingerprint density at radius 2 is 1.69 bits per heavy atom. The number of fused-ring (bicyclic) bond motifs is 9. The van der Waals surface area contributed by atoms with Gasteiger partial charge in [-0.1, -0.05) is 25.3 Å².